The highest BCUT2D eigenvalue weighted by Gasteiger charge is 2.14. The van der Waals surface area contributed by atoms with Crippen LogP contribution in [-0.4, -0.2) is 31.8 Å². The number of aromatic amines is 1. The van der Waals surface area contributed by atoms with Gasteiger partial charge in [-0.3, -0.25) is 4.79 Å². The van der Waals surface area contributed by atoms with Crippen molar-refractivity contribution in [1.82, 2.24) is 20.2 Å². The maximum Gasteiger partial charge on any atom is 0.234 e. The van der Waals surface area contributed by atoms with Crippen LogP contribution < -0.4 is 5.32 Å². The first-order valence-electron chi connectivity index (χ1n) is 8.73. The van der Waals surface area contributed by atoms with Crippen LogP contribution in [0.25, 0.3) is 22.1 Å². The van der Waals surface area contributed by atoms with Gasteiger partial charge in [0.2, 0.25) is 11.1 Å². The van der Waals surface area contributed by atoms with Gasteiger partial charge in [-0.1, -0.05) is 41.6 Å². The zero-order valence-corrected chi connectivity index (χ0v) is 17.2. The van der Waals surface area contributed by atoms with E-state index in [0.717, 1.165) is 33.1 Å². The van der Waals surface area contributed by atoms with Gasteiger partial charge in [0, 0.05) is 16.1 Å². The van der Waals surface area contributed by atoms with Crippen LogP contribution in [0.15, 0.2) is 35.5 Å². The highest BCUT2D eigenvalue weighted by atomic mass is 35.5. The molecule has 2 aromatic heterocycles. The Labute approximate surface area is 171 Å². The molecule has 2 N–H and O–H groups in total. The van der Waals surface area contributed by atoms with Gasteiger partial charge in [-0.05, 0) is 49.6 Å². The van der Waals surface area contributed by atoms with Crippen molar-refractivity contribution < 1.29 is 4.79 Å². The van der Waals surface area contributed by atoms with Crippen molar-refractivity contribution >= 4 is 57.0 Å². The van der Waals surface area contributed by atoms with E-state index in [-0.39, 0.29) is 11.7 Å². The Kier molecular flexibility index (Phi) is 4.95. The highest BCUT2D eigenvalue weighted by Crippen LogP contribution is 2.28. The third kappa shape index (κ3) is 3.55. The molecule has 8 heteroatoms. The summed E-state index contributed by atoms with van der Waals surface area (Å²) in [6.07, 6.45) is 0. The van der Waals surface area contributed by atoms with Gasteiger partial charge >= 0.3 is 0 Å². The summed E-state index contributed by atoms with van der Waals surface area (Å²) in [7, 11) is 0. The van der Waals surface area contributed by atoms with Crippen molar-refractivity contribution in [1.29, 1.82) is 0 Å². The molecule has 0 radical (unpaired) electrons. The minimum Gasteiger partial charge on any atom is -0.337 e. The molecule has 0 aliphatic heterocycles. The summed E-state index contributed by atoms with van der Waals surface area (Å²) >= 11 is 7.24. The Balaban J connectivity index is 1.53. The third-order valence-corrected chi connectivity index (χ3v) is 5.65. The summed E-state index contributed by atoms with van der Waals surface area (Å²) in [5.41, 5.74) is 6.36. The predicted octanol–water partition coefficient (Wildman–Crippen LogP) is 4.82. The number of aromatic nitrogens is 4. The minimum atomic E-state index is -0.151. The second kappa shape index (κ2) is 7.41. The maximum atomic E-state index is 12.3. The van der Waals surface area contributed by atoms with Crippen LogP contribution in [0.3, 0.4) is 0 Å². The van der Waals surface area contributed by atoms with Gasteiger partial charge in [0.25, 0.3) is 0 Å². The number of fused-ring (bicyclic) bond motifs is 3. The van der Waals surface area contributed by atoms with Crippen molar-refractivity contribution in [2.24, 2.45) is 0 Å². The molecule has 0 fully saturated rings. The van der Waals surface area contributed by atoms with Crippen molar-refractivity contribution in [3.05, 3.63) is 52.0 Å². The maximum absolute atomic E-state index is 12.3. The van der Waals surface area contributed by atoms with E-state index in [1.165, 1.54) is 11.8 Å². The summed E-state index contributed by atoms with van der Waals surface area (Å²) in [5.74, 6) is 0.0274. The van der Waals surface area contributed by atoms with Crippen LogP contribution in [0.4, 0.5) is 5.69 Å². The molecule has 2 aromatic carbocycles. The number of anilines is 1. The number of carbonyl (C=O) groups is 1. The number of aryl methyl sites for hydroxylation is 3. The van der Waals surface area contributed by atoms with Crippen molar-refractivity contribution in [3.8, 4) is 0 Å². The van der Waals surface area contributed by atoms with Gasteiger partial charge in [0.15, 0.2) is 5.65 Å². The number of carbonyl (C=O) groups excluding carboxylic acids is 1. The van der Waals surface area contributed by atoms with E-state index in [0.29, 0.717) is 21.5 Å². The number of halogens is 1. The van der Waals surface area contributed by atoms with Gasteiger partial charge in [-0.2, -0.15) is 0 Å². The summed E-state index contributed by atoms with van der Waals surface area (Å²) in [6, 6.07) is 9.53. The molecule has 142 valence electrons. The largest absolute Gasteiger partial charge is 0.337 e. The number of benzene rings is 2. The van der Waals surface area contributed by atoms with Crippen molar-refractivity contribution in [2.75, 3.05) is 11.1 Å². The summed E-state index contributed by atoms with van der Waals surface area (Å²) < 4.78 is 0. The molecule has 0 saturated carbocycles. The molecule has 4 rings (SSSR count). The molecule has 0 aliphatic rings. The topological polar surface area (TPSA) is 83.6 Å². The fourth-order valence-electron chi connectivity index (χ4n) is 3.07. The molecule has 0 atom stereocenters. The fourth-order valence-corrected chi connectivity index (χ4v) is 3.83. The number of amides is 1. The Morgan fingerprint density at radius 3 is 2.68 bits per heavy atom. The number of H-pyrrole nitrogens is 1. The minimum absolute atomic E-state index is 0.151. The summed E-state index contributed by atoms with van der Waals surface area (Å²) in [5, 5.41) is 13.5. The number of hydrogen-bond donors (Lipinski definition) is 2. The van der Waals surface area contributed by atoms with Gasteiger partial charge in [-0.25, -0.2) is 4.98 Å². The standard InChI is InChI=1S/C20H18ClN5OS/c1-10-6-7-13(21)8-14(10)22-15(27)9-28-20-24-19-18(25-26-20)16-11(2)4-5-12(3)17(16)23-19/h4-8H,9H2,1-3H3,(H,22,27)(H,23,24,26). The van der Waals surface area contributed by atoms with Crippen LogP contribution in [-0.2, 0) is 4.79 Å². The zero-order chi connectivity index (χ0) is 19.8. The number of hydrogen-bond acceptors (Lipinski definition) is 5. The lowest BCUT2D eigenvalue weighted by molar-refractivity contribution is -0.113. The second-order valence-electron chi connectivity index (χ2n) is 6.66. The van der Waals surface area contributed by atoms with Gasteiger partial charge in [-0.15, -0.1) is 10.2 Å². The van der Waals surface area contributed by atoms with E-state index < -0.39 is 0 Å². The second-order valence-corrected chi connectivity index (χ2v) is 8.04. The average molecular weight is 412 g/mol. The van der Waals surface area contributed by atoms with Crippen LogP contribution in [0, 0.1) is 20.8 Å². The zero-order valence-electron chi connectivity index (χ0n) is 15.6. The van der Waals surface area contributed by atoms with E-state index in [2.05, 4.69) is 37.6 Å². The van der Waals surface area contributed by atoms with E-state index in [1.54, 1.807) is 12.1 Å². The lowest BCUT2D eigenvalue weighted by atomic mass is 10.1. The Bertz CT molecular complexity index is 1220. The van der Waals surface area contributed by atoms with Crippen molar-refractivity contribution in [2.45, 2.75) is 25.9 Å². The number of rotatable bonds is 4. The molecular weight excluding hydrogens is 394 g/mol. The predicted molar refractivity (Wildman–Crippen MR) is 114 cm³/mol. The van der Waals surface area contributed by atoms with Crippen LogP contribution in [0.1, 0.15) is 16.7 Å². The molecule has 1 amide bonds. The first-order chi connectivity index (χ1) is 13.4. The van der Waals surface area contributed by atoms with Gasteiger partial charge in [0.1, 0.15) is 5.52 Å². The lowest BCUT2D eigenvalue weighted by Crippen LogP contribution is -2.15. The Hall–Kier alpha value is -2.64. The molecule has 0 unspecified atom stereocenters. The number of nitrogens with zero attached hydrogens (tertiary/aromatic N) is 3. The molecular formula is C20H18ClN5OS. The first-order valence-corrected chi connectivity index (χ1v) is 10.1. The smallest absolute Gasteiger partial charge is 0.234 e. The number of thioether (sulfide) groups is 1. The average Bonchev–Trinajstić information content (AvgIpc) is 3.06. The van der Waals surface area contributed by atoms with Crippen LogP contribution >= 0.6 is 23.4 Å². The van der Waals surface area contributed by atoms with E-state index >= 15 is 0 Å². The van der Waals surface area contributed by atoms with E-state index in [9.17, 15) is 4.79 Å². The highest BCUT2D eigenvalue weighted by molar-refractivity contribution is 7.99. The molecule has 2 heterocycles. The van der Waals surface area contributed by atoms with Crippen LogP contribution in [0.2, 0.25) is 5.02 Å². The molecule has 6 nitrogen and oxygen atoms in total. The fraction of sp³-hybridized carbons (Fsp3) is 0.200. The number of nitrogens with one attached hydrogen (secondary N) is 2. The molecule has 0 spiro atoms. The monoisotopic (exact) mass is 411 g/mol. The Morgan fingerprint density at radius 2 is 1.86 bits per heavy atom. The molecule has 4 aromatic rings. The van der Waals surface area contributed by atoms with Crippen molar-refractivity contribution in [3.63, 3.8) is 0 Å². The van der Waals surface area contributed by atoms with Crippen LogP contribution in [0.5, 0.6) is 0 Å². The molecule has 0 aliphatic carbocycles. The van der Waals surface area contributed by atoms with E-state index in [1.807, 2.05) is 26.8 Å². The third-order valence-electron chi connectivity index (χ3n) is 4.58. The van der Waals surface area contributed by atoms with E-state index in [4.69, 9.17) is 11.6 Å². The summed E-state index contributed by atoms with van der Waals surface area (Å²) in [6.45, 7) is 6.00. The summed E-state index contributed by atoms with van der Waals surface area (Å²) in [4.78, 5) is 20.1. The quantitative estimate of drug-likeness (QED) is 0.470. The SMILES string of the molecule is Cc1ccc(Cl)cc1NC(=O)CSc1nnc2c(n1)[nH]c1c(C)ccc(C)c12. The lowest BCUT2D eigenvalue weighted by Gasteiger charge is -2.08. The molecule has 28 heavy (non-hydrogen) atoms. The van der Waals surface area contributed by atoms with Gasteiger partial charge < -0.3 is 10.3 Å². The molecule has 0 bridgehead atoms. The molecule has 0 saturated heterocycles. The van der Waals surface area contributed by atoms with Gasteiger partial charge in [0.05, 0.1) is 11.3 Å². The Morgan fingerprint density at radius 1 is 1.11 bits per heavy atom. The first kappa shape index (κ1) is 18.7. The normalized spacial score (nSPS) is 11.3.